The lowest BCUT2D eigenvalue weighted by atomic mass is 10.2. The lowest BCUT2D eigenvalue weighted by Gasteiger charge is -2.11. The van der Waals surface area contributed by atoms with Crippen LogP contribution in [-0.2, 0) is 19.6 Å². The quantitative estimate of drug-likeness (QED) is 0.826. The van der Waals surface area contributed by atoms with Crippen molar-refractivity contribution < 1.29 is 17.9 Å². The summed E-state index contributed by atoms with van der Waals surface area (Å²) >= 11 is 0. The molecule has 1 atom stereocenters. The Morgan fingerprint density at radius 2 is 1.81 bits per heavy atom. The Bertz CT molecular complexity index is 887. The van der Waals surface area contributed by atoms with E-state index in [0.29, 0.717) is 30.1 Å². The van der Waals surface area contributed by atoms with Crippen molar-refractivity contribution in [3.8, 4) is 0 Å². The van der Waals surface area contributed by atoms with Crippen molar-refractivity contribution >= 4 is 27.6 Å². The van der Waals surface area contributed by atoms with Gasteiger partial charge in [0.25, 0.3) is 15.9 Å². The molecule has 26 heavy (non-hydrogen) atoms. The Hall–Kier alpha value is -2.52. The normalized spacial score (nSPS) is 17.1. The zero-order valence-electron chi connectivity index (χ0n) is 14.5. The van der Waals surface area contributed by atoms with E-state index < -0.39 is 16.1 Å². The van der Waals surface area contributed by atoms with Gasteiger partial charge in [-0.25, -0.2) is 23.1 Å². The minimum Gasteiger partial charge on any atom is -0.368 e. The van der Waals surface area contributed by atoms with E-state index in [0.717, 1.165) is 6.42 Å². The number of sulfonamides is 1. The molecule has 0 aliphatic carbocycles. The Labute approximate surface area is 152 Å². The lowest BCUT2D eigenvalue weighted by molar-refractivity contribution is -0.124. The van der Waals surface area contributed by atoms with E-state index in [1.165, 1.54) is 24.3 Å². The number of hydrogen-bond donors (Lipinski definition) is 2. The average molecular weight is 376 g/mol. The molecule has 1 aliphatic heterocycles. The Morgan fingerprint density at radius 1 is 1.15 bits per heavy atom. The van der Waals surface area contributed by atoms with Crippen molar-refractivity contribution in [1.29, 1.82) is 0 Å². The largest absolute Gasteiger partial charge is 0.368 e. The standard InChI is InChI=1S/C17H20N4O4S/c1-11-10-12(2)19-17(18-11)21-26(23,24)14-7-5-13(6-8-14)20-16(22)15-4-3-9-25-15/h5-8,10,15H,3-4,9H2,1-2H3,(H,20,22)(H,18,19,21)/t15-/m0/s1. The number of nitrogens with one attached hydrogen (secondary N) is 2. The molecule has 0 spiro atoms. The highest BCUT2D eigenvalue weighted by Crippen LogP contribution is 2.19. The molecular formula is C17H20N4O4S. The zero-order valence-corrected chi connectivity index (χ0v) is 15.3. The molecule has 0 unspecified atom stereocenters. The highest BCUT2D eigenvalue weighted by atomic mass is 32.2. The fraction of sp³-hybridized carbons (Fsp3) is 0.353. The number of amides is 1. The summed E-state index contributed by atoms with van der Waals surface area (Å²) in [6.07, 6.45) is 1.11. The van der Waals surface area contributed by atoms with Gasteiger partial charge in [0, 0.05) is 23.7 Å². The van der Waals surface area contributed by atoms with Crippen molar-refractivity contribution in [2.75, 3.05) is 16.6 Å². The third kappa shape index (κ3) is 4.36. The number of carbonyl (C=O) groups is 1. The van der Waals surface area contributed by atoms with Crippen LogP contribution in [0.1, 0.15) is 24.2 Å². The van der Waals surface area contributed by atoms with Crippen molar-refractivity contribution in [3.63, 3.8) is 0 Å². The highest BCUT2D eigenvalue weighted by molar-refractivity contribution is 7.92. The van der Waals surface area contributed by atoms with E-state index in [1.54, 1.807) is 19.9 Å². The highest BCUT2D eigenvalue weighted by Gasteiger charge is 2.23. The molecule has 1 saturated heterocycles. The van der Waals surface area contributed by atoms with Crippen LogP contribution in [0.2, 0.25) is 0 Å². The minimum atomic E-state index is -3.82. The van der Waals surface area contributed by atoms with Crippen LogP contribution in [0.5, 0.6) is 0 Å². The molecule has 1 fully saturated rings. The van der Waals surface area contributed by atoms with Crippen molar-refractivity contribution in [1.82, 2.24) is 9.97 Å². The van der Waals surface area contributed by atoms with E-state index in [2.05, 4.69) is 20.0 Å². The Balaban J connectivity index is 1.71. The summed E-state index contributed by atoms with van der Waals surface area (Å²) in [6, 6.07) is 7.64. The van der Waals surface area contributed by atoms with Crippen LogP contribution in [0.15, 0.2) is 35.2 Å². The van der Waals surface area contributed by atoms with Crippen LogP contribution in [0.4, 0.5) is 11.6 Å². The SMILES string of the molecule is Cc1cc(C)nc(NS(=O)(=O)c2ccc(NC(=O)[C@@H]3CCCO3)cc2)n1. The Kier molecular flexibility index (Phi) is 5.19. The number of hydrogen-bond acceptors (Lipinski definition) is 6. The molecule has 0 bridgehead atoms. The summed E-state index contributed by atoms with van der Waals surface area (Å²) in [4.78, 5) is 20.2. The molecule has 2 aromatic rings. The van der Waals surface area contributed by atoms with E-state index in [1.807, 2.05) is 0 Å². The van der Waals surface area contributed by atoms with E-state index in [9.17, 15) is 13.2 Å². The summed E-state index contributed by atoms with van der Waals surface area (Å²) in [5.74, 6) is -0.196. The van der Waals surface area contributed by atoms with Crippen LogP contribution in [-0.4, -0.2) is 37.0 Å². The summed E-state index contributed by atoms with van der Waals surface area (Å²) in [5, 5.41) is 2.72. The first-order valence-corrected chi connectivity index (χ1v) is 9.69. The van der Waals surface area contributed by atoms with E-state index in [-0.39, 0.29) is 16.8 Å². The molecule has 3 rings (SSSR count). The summed E-state index contributed by atoms with van der Waals surface area (Å²) in [6.45, 7) is 4.11. The third-order valence-corrected chi connectivity index (χ3v) is 5.21. The number of rotatable bonds is 5. The van der Waals surface area contributed by atoms with Gasteiger partial charge in [0.2, 0.25) is 5.95 Å². The second kappa shape index (κ2) is 7.38. The average Bonchev–Trinajstić information content (AvgIpc) is 3.08. The number of aromatic nitrogens is 2. The molecule has 2 heterocycles. The van der Waals surface area contributed by atoms with Crippen LogP contribution in [0.3, 0.4) is 0 Å². The molecule has 138 valence electrons. The van der Waals surface area contributed by atoms with Gasteiger partial charge in [0.05, 0.1) is 4.90 Å². The summed E-state index contributed by atoms with van der Waals surface area (Å²) < 4.78 is 32.6. The maximum absolute atomic E-state index is 12.5. The minimum absolute atomic E-state index is 0.0262. The predicted molar refractivity (Wildman–Crippen MR) is 96.4 cm³/mol. The van der Waals surface area contributed by atoms with Crippen LogP contribution < -0.4 is 10.0 Å². The molecule has 1 aromatic carbocycles. The topological polar surface area (TPSA) is 110 Å². The lowest BCUT2D eigenvalue weighted by Crippen LogP contribution is -2.26. The molecule has 9 heteroatoms. The molecule has 0 radical (unpaired) electrons. The number of benzene rings is 1. The first kappa shape index (κ1) is 18.3. The molecule has 2 N–H and O–H groups in total. The van der Waals surface area contributed by atoms with Gasteiger partial charge in [0.1, 0.15) is 6.10 Å². The number of anilines is 2. The van der Waals surface area contributed by atoms with Crippen LogP contribution >= 0.6 is 0 Å². The molecule has 0 saturated carbocycles. The maximum atomic E-state index is 12.5. The van der Waals surface area contributed by atoms with Gasteiger partial charge in [-0.1, -0.05) is 0 Å². The summed E-state index contributed by atoms with van der Waals surface area (Å²) in [7, 11) is -3.82. The predicted octanol–water partition coefficient (Wildman–Crippen LogP) is 2.01. The van der Waals surface area contributed by atoms with Crippen LogP contribution in [0, 0.1) is 13.8 Å². The Morgan fingerprint density at radius 3 is 2.38 bits per heavy atom. The fourth-order valence-electron chi connectivity index (χ4n) is 2.68. The first-order chi connectivity index (χ1) is 12.3. The molecule has 8 nitrogen and oxygen atoms in total. The van der Waals surface area contributed by atoms with Crippen molar-refractivity contribution in [3.05, 3.63) is 41.7 Å². The van der Waals surface area contributed by atoms with Gasteiger partial charge in [0.15, 0.2) is 0 Å². The number of nitrogens with zero attached hydrogens (tertiary/aromatic N) is 2. The zero-order chi connectivity index (χ0) is 18.7. The van der Waals surface area contributed by atoms with Gasteiger partial charge < -0.3 is 10.1 Å². The van der Waals surface area contributed by atoms with Crippen LogP contribution in [0.25, 0.3) is 0 Å². The summed E-state index contributed by atoms with van der Waals surface area (Å²) in [5.41, 5.74) is 1.84. The number of aryl methyl sites for hydroxylation is 2. The van der Waals surface area contributed by atoms with E-state index in [4.69, 9.17) is 4.74 Å². The number of carbonyl (C=O) groups excluding carboxylic acids is 1. The molecule has 1 amide bonds. The van der Waals surface area contributed by atoms with Gasteiger partial charge >= 0.3 is 0 Å². The molecule has 1 aromatic heterocycles. The van der Waals surface area contributed by atoms with Crippen molar-refractivity contribution in [2.45, 2.75) is 37.7 Å². The van der Waals surface area contributed by atoms with Crippen molar-refractivity contribution in [2.24, 2.45) is 0 Å². The fourth-order valence-corrected chi connectivity index (χ4v) is 3.62. The molecular weight excluding hydrogens is 356 g/mol. The third-order valence-electron chi connectivity index (χ3n) is 3.86. The van der Waals surface area contributed by atoms with Gasteiger partial charge in [-0.15, -0.1) is 0 Å². The maximum Gasteiger partial charge on any atom is 0.264 e. The monoisotopic (exact) mass is 376 g/mol. The second-order valence-electron chi connectivity index (χ2n) is 6.10. The second-order valence-corrected chi connectivity index (χ2v) is 7.78. The molecule has 1 aliphatic rings. The van der Waals surface area contributed by atoms with E-state index >= 15 is 0 Å². The first-order valence-electron chi connectivity index (χ1n) is 8.21. The number of ether oxygens (including phenoxy) is 1. The van der Waals surface area contributed by atoms with Gasteiger partial charge in [-0.3, -0.25) is 4.79 Å². The van der Waals surface area contributed by atoms with Gasteiger partial charge in [-0.2, -0.15) is 0 Å². The van der Waals surface area contributed by atoms with Gasteiger partial charge in [-0.05, 0) is 57.0 Å². The smallest absolute Gasteiger partial charge is 0.264 e.